The smallest absolute Gasteiger partial charge is 0.266 e. The van der Waals surface area contributed by atoms with Crippen LogP contribution in [0.3, 0.4) is 0 Å². The van der Waals surface area contributed by atoms with Crippen molar-refractivity contribution in [2.45, 2.75) is 19.3 Å². The first-order valence-corrected chi connectivity index (χ1v) is 9.50. The van der Waals surface area contributed by atoms with Crippen LogP contribution in [0.5, 0.6) is 0 Å². The molecule has 4 nitrogen and oxygen atoms in total. The van der Waals surface area contributed by atoms with Crippen LogP contribution in [0, 0.1) is 18.6 Å². The van der Waals surface area contributed by atoms with Gasteiger partial charge in [-0.25, -0.2) is 8.78 Å². The van der Waals surface area contributed by atoms with Crippen molar-refractivity contribution >= 4 is 33.8 Å². The second kappa shape index (κ2) is 7.16. The van der Waals surface area contributed by atoms with Crippen molar-refractivity contribution in [3.8, 4) is 0 Å². The molecule has 2 N–H and O–H groups in total. The van der Waals surface area contributed by atoms with Gasteiger partial charge in [-0.1, -0.05) is 30.3 Å². The van der Waals surface area contributed by atoms with E-state index in [0.29, 0.717) is 26.7 Å². The summed E-state index contributed by atoms with van der Waals surface area (Å²) >= 11 is 1.14. The molecule has 28 heavy (non-hydrogen) atoms. The Morgan fingerprint density at radius 2 is 1.89 bits per heavy atom. The van der Waals surface area contributed by atoms with Gasteiger partial charge in [-0.15, -0.1) is 11.3 Å². The van der Waals surface area contributed by atoms with Gasteiger partial charge in [-0.05, 0) is 41.8 Å². The lowest BCUT2D eigenvalue weighted by molar-refractivity contribution is -0.116. The number of anilines is 2. The fourth-order valence-corrected chi connectivity index (χ4v) is 4.67. The molecule has 0 radical (unpaired) electrons. The molecule has 2 amide bonds. The number of benzene rings is 2. The number of halogens is 2. The molecule has 2 aromatic carbocycles. The van der Waals surface area contributed by atoms with Crippen molar-refractivity contribution in [3.05, 3.63) is 81.7 Å². The number of nitrogens with one attached hydrogen (secondary N) is 2. The number of hydrogen-bond acceptors (Lipinski definition) is 3. The van der Waals surface area contributed by atoms with E-state index in [0.717, 1.165) is 17.4 Å². The summed E-state index contributed by atoms with van der Waals surface area (Å²) in [5.74, 6) is -3.17. The minimum atomic E-state index is -0.964. The van der Waals surface area contributed by atoms with E-state index >= 15 is 0 Å². The zero-order valence-electron chi connectivity index (χ0n) is 14.9. The molecule has 0 unspecified atom stereocenters. The third kappa shape index (κ3) is 3.18. The molecular weight excluding hydrogens is 382 g/mol. The Bertz CT molecular complexity index is 1080. The standard InChI is InChI=1S/C21H16F2N2O2S/c1-11-17-14(13-8-5-9-15(22)18(13)23)10-16(26)25-21(17)28-19(11)20(27)24-12-6-3-2-4-7-12/h2-9,14H,10H2,1H3,(H,24,27)(H,25,26)/t14-/m0/s1. The molecule has 1 aliphatic rings. The topological polar surface area (TPSA) is 58.2 Å². The monoisotopic (exact) mass is 398 g/mol. The molecule has 0 bridgehead atoms. The highest BCUT2D eigenvalue weighted by Gasteiger charge is 2.34. The summed E-state index contributed by atoms with van der Waals surface area (Å²) in [7, 11) is 0. The van der Waals surface area contributed by atoms with E-state index in [9.17, 15) is 18.4 Å². The van der Waals surface area contributed by atoms with Gasteiger partial charge in [0, 0.05) is 18.0 Å². The second-order valence-corrected chi connectivity index (χ2v) is 7.59. The second-order valence-electron chi connectivity index (χ2n) is 6.57. The third-order valence-corrected chi connectivity index (χ3v) is 6.00. The number of para-hydroxylation sites is 1. The number of thiophene rings is 1. The van der Waals surface area contributed by atoms with E-state index in [1.165, 1.54) is 12.1 Å². The molecule has 1 aromatic heterocycles. The highest BCUT2D eigenvalue weighted by Crippen LogP contribution is 2.46. The number of amides is 2. The van der Waals surface area contributed by atoms with E-state index in [2.05, 4.69) is 10.6 Å². The lowest BCUT2D eigenvalue weighted by Crippen LogP contribution is -2.23. The van der Waals surface area contributed by atoms with Crippen molar-refractivity contribution in [1.82, 2.24) is 0 Å². The lowest BCUT2D eigenvalue weighted by Gasteiger charge is -2.24. The van der Waals surface area contributed by atoms with E-state index < -0.39 is 17.6 Å². The molecular formula is C21H16F2N2O2S. The Morgan fingerprint density at radius 3 is 2.64 bits per heavy atom. The first kappa shape index (κ1) is 18.3. The van der Waals surface area contributed by atoms with Gasteiger partial charge in [-0.3, -0.25) is 9.59 Å². The average molecular weight is 398 g/mol. The predicted octanol–water partition coefficient (Wildman–Crippen LogP) is 5.06. The van der Waals surface area contributed by atoms with Crippen LogP contribution in [-0.4, -0.2) is 11.8 Å². The van der Waals surface area contributed by atoms with Crippen LogP contribution >= 0.6 is 11.3 Å². The minimum absolute atomic E-state index is 0.00924. The molecule has 1 aliphatic heterocycles. The van der Waals surface area contributed by atoms with Gasteiger partial charge >= 0.3 is 0 Å². The van der Waals surface area contributed by atoms with E-state index in [-0.39, 0.29) is 23.8 Å². The summed E-state index contributed by atoms with van der Waals surface area (Å²) in [6.07, 6.45) is -0.00924. The van der Waals surface area contributed by atoms with Crippen LogP contribution in [0.4, 0.5) is 19.5 Å². The molecule has 0 aliphatic carbocycles. The van der Waals surface area contributed by atoms with Crippen LogP contribution in [-0.2, 0) is 4.79 Å². The molecule has 3 aromatic rings. The Labute approximate surface area is 164 Å². The third-order valence-electron chi connectivity index (χ3n) is 4.78. The zero-order chi connectivity index (χ0) is 19.8. The van der Waals surface area contributed by atoms with E-state index in [1.807, 2.05) is 18.2 Å². The summed E-state index contributed by atoms with van der Waals surface area (Å²) in [6, 6.07) is 13.0. The number of carbonyl (C=O) groups excluding carboxylic acids is 2. The molecule has 0 spiro atoms. The molecule has 0 saturated heterocycles. The molecule has 4 rings (SSSR count). The largest absolute Gasteiger partial charge is 0.321 e. The Kier molecular flexibility index (Phi) is 4.68. The molecule has 1 atom stereocenters. The van der Waals surface area contributed by atoms with Crippen LogP contribution in [0.15, 0.2) is 48.5 Å². The molecule has 0 fully saturated rings. The Hall–Kier alpha value is -3.06. The number of carbonyl (C=O) groups is 2. The molecule has 2 heterocycles. The Balaban J connectivity index is 1.76. The molecule has 0 saturated carbocycles. The maximum atomic E-state index is 14.4. The van der Waals surface area contributed by atoms with Gasteiger partial charge in [0.2, 0.25) is 5.91 Å². The van der Waals surface area contributed by atoms with Crippen molar-refractivity contribution in [2.75, 3.05) is 10.6 Å². The summed E-state index contributed by atoms with van der Waals surface area (Å²) < 4.78 is 28.2. The van der Waals surface area contributed by atoms with Gasteiger partial charge in [0.15, 0.2) is 11.6 Å². The van der Waals surface area contributed by atoms with Gasteiger partial charge in [0.1, 0.15) is 0 Å². The SMILES string of the molecule is Cc1c(C(=O)Nc2ccccc2)sc2c1[C@H](c1cccc(F)c1F)CC(=O)N2. The van der Waals surface area contributed by atoms with Gasteiger partial charge in [-0.2, -0.15) is 0 Å². The van der Waals surface area contributed by atoms with Crippen molar-refractivity contribution in [1.29, 1.82) is 0 Å². The summed E-state index contributed by atoms with van der Waals surface area (Å²) in [5.41, 5.74) is 2.08. The fourth-order valence-electron chi connectivity index (χ4n) is 3.48. The quantitative estimate of drug-likeness (QED) is 0.648. The highest BCUT2D eigenvalue weighted by atomic mass is 32.1. The normalized spacial score (nSPS) is 15.7. The minimum Gasteiger partial charge on any atom is -0.321 e. The summed E-state index contributed by atoms with van der Waals surface area (Å²) in [4.78, 5) is 25.3. The fraction of sp³-hybridized carbons (Fsp3) is 0.143. The van der Waals surface area contributed by atoms with Crippen molar-refractivity contribution in [2.24, 2.45) is 0 Å². The van der Waals surface area contributed by atoms with Crippen LogP contribution in [0.25, 0.3) is 0 Å². The first-order chi connectivity index (χ1) is 13.5. The maximum absolute atomic E-state index is 14.4. The number of rotatable bonds is 3. The van der Waals surface area contributed by atoms with E-state index in [1.54, 1.807) is 19.1 Å². The molecule has 7 heteroatoms. The summed E-state index contributed by atoms with van der Waals surface area (Å²) in [5, 5.41) is 6.08. The van der Waals surface area contributed by atoms with Gasteiger partial charge < -0.3 is 10.6 Å². The van der Waals surface area contributed by atoms with Gasteiger partial charge in [0.05, 0.1) is 9.88 Å². The van der Waals surface area contributed by atoms with E-state index in [4.69, 9.17) is 0 Å². The van der Waals surface area contributed by atoms with Gasteiger partial charge in [0.25, 0.3) is 5.91 Å². The highest BCUT2D eigenvalue weighted by molar-refractivity contribution is 7.18. The van der Waals surface area contributed by atoms with Crippen LogP contribution in [0.2, 0.25) is 0 Å². The Morgan fingerprint density at radius 1 is 1.14 bits per heavy atom. The van der Waals surface area contributed by atoms with Crippen LogP contribution < -0.4 is 10.6 Å². The average Bonchev–Trinajstić information content (AvgIpc) is 3.01. The van der Waals surface area contributed by atoms with Crippen molar-refractivity contribution < 1.29 is 18.4 Å². The first-order valence-electron chi connectivity index (χ1n) is 8.69. The zero-order valence-corrected chi connectivity index (χ0v) is 15.7. The van der Waals surface area contributed by atoms with Crippen LogP contribution in [0.1, 0.15) is 38.7 Å². The number of hydrogen-bond donors (Lipinski definition) is 2. The predicted molar refractivity (Wildman–Crippen MR) is 105 cm³/mol. The summed E-state index contributed by atoms with van der Waals surface area (Å²) in [6.45, 7) is 1.76. The number of fused-ring (bicyclic) bond motifs is 1. The molecule has 142 valence electrons. The maximum Gasteiger partial charge on any atom is 0.266 e. The lowest BCUT2D eigenvalue weighted by atomic mass is 9.84. The van der Waals surface area contributed by atoms with Crippen molar-refractivity contribution in [3.63, 3.8) is 0 Å².